The van der Waals surface area contributed by atoms with Gasteiger partial charge < -0.3 is 14.8 Å². The summed E-state index contributed by atoms with van der Waals surface area (Å²) in [6.07, 6.45) is 0. The van der Waals surface area contributed by atoms with Crippen LogP contribution < -0.4 is 14.8 Å². The second-order valence-electron chi connectivity index (χ2n) is 7.79. The third kappa shape index (κ3) is 4.24. The number of methoxy groups -OCH3 is 2. The quantitative estimate of drug-likeness (QED) is 0.463. The van der Waals surface area contributed by atoms with Gasteiger partial charge in [0.2, 0.25) is 0 Å². The lowest BCUT2D eigenvalue weighted by atomic mass is 10.0. The van der Waals surface area contributed by atoms with E-state index < -0.39 is 0 Å². The Hall–Kier alpha value is -3.94. The van der Waals surface area contributed by atoms with Crippen LogP contribution in [0.5, 0.6) is 11.5 Å². The van der Waals surface area contributed by atoms with Gasteiger partial charge in [-0.05, 0) is 69.3 Å². The Morgan fingerprint density at radius 2 is 1.79 bits per heavy atom. The van der Waals surface area contributed by atoms with Crippen LogP contribution in [0.3, 0.4) is 0 Å². The van der Waals surface area contributed by atoms with E-state index in [0.29, 0.717) is 45.2 Å². The van der Waals surface area contributed by atoms with Gasteiger partial charge in [-0.15, -0.1) is 0 Å². The van der Waals surface area contributed by atoms with Gasteiger partial charge in [-0.3, -0.25) is 4.79 Å². The number of benzene rings is 2. The van der Waals surface area contributed by atoms with E-state index in [-0.39, 0.29) is 17.8 Å². The maximum atomic E-state index is 13.4. The average Bonchev–Trinajstić information content (AvgIpc) is 3.14. The molecule has 2 aromatic carbocycles. The van der Waals surface area contributed by atoms with Gasteiger partial charge in [0, 0.05) is 11.3 Å². The van der Waals surface area contributed by atoms with Crippen LogP contribution in [0.25, 0.3) is 16.7 Å². The maximum Gasteiger partial charge on any atom is 0.252 e. The van der Waals surface area contributed by atoms with Crippen molar-refractivity contribution in [1.29, 1.82) is 0 Å². The van der Waals surface area contributed by atoms with Crippen molar-refractivity contribution in [3.8, 4) is 17.2 Å². The van der Waals surface area contributed by atoms with Gasteiger partial charge in [-0.1, -0.05) is 0 Å². The molecule has 1 unspecified atom stereocenters. The van der Waals surface area contributed by atoms with Crippen molar-refractivity contribution in [2.75, 3.05) is 14.2 Å². The van der Waals surface area contributed by atoms with Crippen LogP contribution >= 0.6 is 0 Å². The molecule has 2 heterocycles. The monoisotopic (exact) mass is 448 g/mol. The molecule has 1 atom stereocenters. The number of aromatic nitrogens is 3. The fourth-order valence-electron chi connectivity index (χ4n) is 3.89. The minimum atomic E-state index is -0.349. The van der Waals surface area contributed by atoms with Crippen molar-refractivity contribution in [3.05, 3.63) is 76.9 Å². The maximum absolute atomic E-state index is 13.4. The number of rotatable bonds is 6. The van der Waals surface area contributed by atoms with Gasteiger partial charge in [-0.2, -0.15) is 5.10 Å². The number of hydrogen-bond donors (Lipinski definition) is 1. The molecule has 0 fully saturated rings. The molecule has 0 saturated heterocycles. The first-order valence-corrected chi connectivity index (χ1v) is 10.5. The average molecular weight is 448 g/mol. The minimum Gasteiger partial charge on any atom is -0.497 e. The van der Waals surface area contributed by atoms with Gasteiger partial charge in [0.15, 0.2) is 5.65 Å². The van der Waals surface area contributed by atoms with Crippen molar-refractivity contribution in [1.82, 2.24) is 20.1 Å². The van der Waals surface area contributed by atoms with Crippen molar-refractivity contribution < 1.29 is 18.7 Å². The van der Waals surface area contributed by atoms with Crippen molar-refractivity contribution in [3.63, 3.8) is 0 Å². The van der Waals surface area contributed by atoms with E-state index in [2.05, 4.69) is 15.4 Å². The molecular weight excluding hydrogens is 423 g/mol. The molecule has 1 N–H and O–H groups in total. The summed E-state index contributed by atoms with van der Waals surface area (Å²) in [6, 6.07) is 12.8. The van der Waals surface area contributed by atoms with Crippen LogP contribution in [0, 0.1) is 19.7 Å². The van der Waals surface area contributed by atoms with Crippen LogP contribution in [0.1, 0.15) is 40.3 Å². The Morgan fingerprint density at radius 3 is 2.45 bits per heavy atom. The summed E-state index contributed by atoms with van der Waals surface area (Å²) < 4.78 is 25.8. The Kier molecular flexibility index (Phi) is 6.00. The summed E-state index contributed by atoms with van der Waals surface area (Å²) in [7, 11) is 3.18. The molecule has 4 aromatic rings. The molecule has 1 amide bonds. The first-order chi connectivity index (χ1) is 15.8. The summed E-state index contributed by atoms with van der Waals surface area (Å²) in [5, 5.41) is 8.27. The Bertz CT molecular complexity index is 1330. The molecule has 0 radical (unpaired) electrons. The largest absolute Gasteiger partial charge is 0.497 e. The molecule has 4 rings (SSSR count). The highest BCUT2D eigenvalue weighted by Crippen LogP contribution is 2.30. The fourth-order valence-corrected chi connectivity index (χ4v) is 3.89. The summed E-state index contributed by atoms with van der Waals surface area (Å²) in [5.41, 5.74) is 3.79. The zero-order valence-corrected chi connectivity index (χ0v) is 19.1. The van der Waals surface area contributed by atoms with Crippen molar-refractivity contribution in [2.24, 2.45) is 0 Å². The Morgan fingerprint density at radius 1 is 1.06 bits per heavy atom. The van der Waals surface area contributed by atoms with Crippen LogP contribution in [0.4, 0.5) is 4.39 Å². The van der Waals surface area contributed by atoms with Gasteiger partial charge in [-0.25, -0.2) is 14.1 Å². The Labute approximate surface area is 191 Å². The lowest BCUT2D eigenvalue weighted by Gasteiger charge is -2.18. The highest BCUT2D eigenvalue weighted by atomic mass is 19.1. The third-order valence-electron chi connectivity index (χ3n) is 5.51. The van der Waals surface area contributed by atoms with Crippen molar-refractivity contribution in [2.45, 2.75) is 26.8 Å². The van der Waals surface area contributed by atoms with E-state index >= 15 is 0 Å². The van der Waals surface area contributed by atoms with Crippen LogP contribution in [0.2, 0.25) is 0 Å². The third-order valence-corrected chi connectivity index (χ3v) is 5.51. The summed E-state index contributed by atoms with van der Waals surface area (Å²) in [5.74, 6) is 0.730. The molecular formula is C25H25FN4O3. The molecule has 33 heavy (non-hydrogen) atoms. The summed E-state index contributed by atoms with van der Waals surface area (Å²) in [6.45, 7) is 5.53. The first kappa shape index (κ1) is 22.3. The van der Waals surface area contributed by atoms with Crippen LogP contribution in [0.15, 0.2) is 48.5 Å². The molecule has 170 valence electrons. The predicted molar refractivity (Wildman–Crippen MR) is 124 cm³/mol. The fraction of sp³-hybridized carbons (Fsp3) is 0.240. The standard InChI is InChI=1S/C25H25FN4O3/c1-14-12-21(25(31)28-15(2)20-13-19(32-4)10-11-22(20)33-5)23-16(3)29-30(24(23)27-14)18-8-6-17(26)7-9-18/h6-13,15H,1-5H3,(H,28,31). The summed E-state index contributed by atoms with van der Waals surface area (Å²) in [4.78, 5) is 18.0. The number of carbonyl (C=O) groups is 1. The zero-order chi connectivity index (χ0) is 23.7. The molecule has 7 nitrogen and oxygen atoms in total. The van der Waals surface area contributed by atoms with Crippen LogP contribution in [-0.2, 0) is 0 Å². The molecule has 0 saturated carbocycles. The SMILES string of the molecule is COc1ccc(OC)c(C(C)NC(=O)c2cc(C)nc3c2c(C)nn3-c2ccc(F)cc2)c1. The van der Waals surface area contributed by atoms with E-state index in [4.69, 9.17) is 9.47 Å². The number of halogens is 1. The summed E-state index contributed by atoms with van der Waals surface area (Å²) >= 11 is 0. The predicted octanol–water partition coefficient (Wildman–Crippen LogP) is 4.68. The highest BCUT2D eigenvalue weighted by molar-refractivity contribution is 6.07. The van der Waals surface area contributed by atoms with E-state index in [1.165, 1.54) is 12.1 Å². The van der Waals surface area contributed by atoms with Gasteiger partial charge in [0.1, 0.15) is 17.3 Å². The smallest absolute Gasteiger partial charge is 0.252 e. The highest BCUT2D eigenvalue weighted by Gasteiger charge is 2.22. The number of aryl methyl sites for hydroxylation is 2. The minimum absolute atomic E-state index is 0.260. The number of ether oxygens (including phenoxy) is 2. The van der Waals surface area contributed by atoms with Crippen molar-refractivity contribution >= 4 is 16.9 Å². The first-order valence-electron chi connectivity index (χ1n) is 10.5. The molecule has 8 heteroatoms. The van der Waals surface area contributed by atoms with E-state index in [1.54, 1.807) is 43.2 Å². The van der Waals surface area contributed by atoms with E-state index in [9.17, 15) is 9.18 Å². The number of hydrogen-bond acceptors (Lipinski definition) is 5. The van der Waals surface area contributed by atoms with E-state index in [1.807, 2.05) is 32.9 Å². The molecule has 0 bridgehead atoms. The van der Waals surface area contributed by atoms with Gasteiger partial charge >= 0.3 is 0 Å². The normalized spacial score (nSPS) is 11.9. The van der Waals surface area contributed by atoms with Gasteiger partial charge in [0.25, 0.3) is 5.91 Å². The molecule has 0 spiro atoms. The zero-order valence-electron chi connectivity index (χ0n) is 19.1. The Balaban J connectivity index is 1.74. The number of nitrogens with one attached hydrogen (secondary N) is 1. The molecule has 2 aromatic heterocycles. The molecule has 0 aliphatic rings. The number of pyridine rings is 1. The molecule has 0 aliphatic carbocycles. The van der Waals surface area contributed by atoms with Gasteiger partial charge in [0.05, 0.1) is 42.6 Å². The lowest BCUT2D eigenvalue weighted by molar-refractivity contribution is 0.0941. The number of nitrogens with zero attached hydrogens (tertiary/aromatic N) is 3. The number of amides is 1. The molecule has 0 aliphatic heterocycles. The van der Waals surface area contributed by atoms with E-state index in [0.717, 1.165) is 5.56 Å². The second-order valence-corrected chi connectivity index (χ2v) is 7.79. The topological polar surface area (TPSA) is 78.3 Å². The lowest BCUT2D eigenvalue weighted by Crippen LogP contribution is -2.27. The second kappa shape index (κ2) is 8.90. The number of fused-ring (bicyclic) bond motifs is 1. The number of carbonyl (C=O) groups excluding carboxylic acids is 1. The van der Waals surface area contributed by atoms with Crippen LogP contribution in [-0.4, -0.2) is 34.9 Å².